The molecule has 208 valence electrons. The normalized spacial score (nSPS) is 12.4. The Hall–Kier alpha value is -3.65. The van der Waals surface area contributed by atoms with Crippen molar-refractivity contribution in [1.29, 1.82) is 0 Å². The molecule has 0 fully saturated rings. The van der Waals surface area contributed by atoms with E-state index < -0.39 is 34.1 Å². The molecule has 7 nitrogen and oxygen atoms in total. The van der Waals surface area contributed by atoms with E-state index in [9.17, 15) is 18.0 Å². The van der Waals surface area contributed by atoms with Gasteiger partial charge in [0.1, 0.15) is 12.6 Å². The zero-order chi connectivity index (χ0) is 28.6. The van der Waals surface area contributed by atoms with Crippen LogP contribution in [-0.4, -0.2) is 49.8 Å². The Bertz CT molecular complexity index is 1340. The summed E-state index contributed by atoms with van der Waals surface area (Å²) in [6.45, 7) is 9.27. The number of benzene rings is 3. The minimum absolute atomic E-state index is 0.0896. The smallest absolute Gasteiger partial charge is 0.264 e. The SMILES string of the molecule is CC[C@@H](C(=O)NC(C)(C)C)N(CCc1ccccc1)C(=O)CN(c1ccc(C)cc1)S(=O)(=O)c1ccccc1. The van der Waals surface area contributed by atoms with Crippen molar-refractivity contribution in [3.8, 4) is 0 Å². The Morgan fingerprint density at radius 2 is 1.44 bits per heavy atom. The van der Waals surface area contributed by atoms with E-state index >= 15 is 0 Å². The van der Waals surface area contributed by atoms with Gasteiger partial charge in [-0.15, -0.1) is 0 Å². The summed E-state index contributed by atoms with van der Waals surface area (Å²) >= 11 is 0. The number of rotatable bonds is 11. The van der Waals surface area contributed by atoms with Crippen LogP contribution < -0.4 is 9.62 Å². The van der Waals surface area contributed by atoms with Crippen molar-refractivity contribution in [3.63, 3.8) is 0 Å². The Morgan fingerprint density at radius 1 is 0.872 bits per heavy atom. The molecule has 3 rings (SSSR count). The summed E-state index contributed by atoms with van der Waals surface area (Å²) in [6.07, 6.45) is 0.917. The van der Waals surface area contributed by atoms with Gasteiger partial charge in [0.25, 0.3) is 10.0 Å². The van der Waals surface area contributed by atoms with E-state index in [4.69, 9.17) is 0 Å². The van der Waals surface area contributed by atoms with Crippen molar-refractivity contribution in [2.75, 3.05) is 17.4 Å². The molecule has 0 aliphatic rings. The minimum atomic E-state index is -4.06. The number of anilines is 1. The Labute approximate surface area is 232 Å². The summed E-state index contributed by atoms with van der Waals surface area (Å²) in [4.78, 5) is 28.9. The zero-order valence-electron chi connectivity index (χ0n) is 23.4. The van der Waals surface area contributed by atoms with E-state index in [1.165, 1.54) is 17.0 Å². The summed E-state index contributed by atoms with van der Waals surface area (Å²) < 4.78 is 28.7. The maximum absolute atomic E-state index is 14.0. The van der Waals surface area contributed by atoms with Gasteiger partial charge in [-0.25, -0.2) is 8.42 Å². The Kier molecular flexibility index (Phi) is 9.92. The highest BCUT2D eigenvalue weighted by molar-refractivity contribution is 7.92. The molecule has 3 aromatic carbocycles. The van der Waals surface area contributed by atoms with Crippen molar-refractivity contribution in [2.24, 2.45) is 0 Å². The van der Waals surface area contributed by atoms with Crippen LogP contribution in [0.5, 0.6) is 0 Å². The van der Waals surface area contributed by atoms with Crippen LogP contribution in [0.1, 0.15) is 45.2 Å². The average Bonchev–Trinajstić information content (AvgIpc) is 2.90. The summed E-state index contributed by atoms with van der Waals surface area (Å²) in [5.74, 6) is -0.707. The van der Waals surface area contributed by atoms with Gasteiger partial charge in [-0.2, -0.15) is 0 Å². The Morgan fingerprint density at radius 3 is 1.97 bits per heavy atom. The minimum Gasteiger partial charge on any atom is -0.350 e. The Balaban J connectivity index is 2.00. The van der Waals surface area contributed by atoms with E-state index in [1.807, 2.05) is 77.1 Å². The number of aryl methyl sites for hydroxylation is 1. The quantitative estimate of drug-likeness (QED) is 0.367. The number of amides is 2. The first-order valence-corrected chi connectivity index (χ1v) is 14.7. The molecule has 0 saturated carbocycles. The van der Waals surface area contributed by atoms with Crippen LogP contribution in [0.25, 0.3) is 0 Å². The first kappa shape index (κ1) is 29.9. The molecule has 0 saturated heterocycles. The second kappa shape index (κ2) is 12.9. The summed E-state index contributed by atoms with van der Waals surface area (Å²) in [5, 5.41) is 2.99. The lowest BCUT2D eigenvalue weighted by Crippen LogP contribution is -2.56. The van der Waals surface area contributed by atoms with Crippen molar-refractivity contribution < 1.29 is 18.0 Å². The third kappa shape index (κ3) is 8.17. The molecule has 2 amide bonds. The molecule has 1 atom stereocenters. The lowest BCUT2D eigenvalue weighted by Gasteiger charge is -2.34. The summed E-state index contributed by atoms with van der Waals surface area (Å²) in [7, 11) is -4.06. The molecule has 0 aromatic heterocycles. The standard InChI is InChI=1S/C31H39N3O4S/c1-6-28(30(36)32-31(3,4)5)33(22-21-25-13-9-7-10-14-25)29(35)23-34(26-19-17-24(2)18-20-26)39(37,38)27-15-11-8-12-16-27/h7-20,28H,6,21-23H2,1-5H3,(H,32,36)/t28-/m0/s1. The number of nitrogens with one attached hydrogen (secondary N) is 1. The fraction of sp³-hybridized carbons (Fsp3) is 0.355. The van der Waals surface area contributed by atoms with Crippen molar-refractivity contribution in [2.45, 2.75) is 63.9 Å². The molecule has 1 N–H and O–H groups in total. The number of hydrogen-bond donors (Lipinski definition) is 1. The number of nitrogens with zero attached hydrogens (tertiary/aromatic N) is 2. The molecular weight excluding hydrogens is 510 g/mol. The largest absolute Gasteiger partial charge is 0.350 e. The molecule has 8 heteroatoms. The monoisotopic (exact) mass is 549 g/mol. The number of carbonyl (C=O) groups excluding carboxylic acids is 2. The third-order valence-corrected chi connectivity index (χ3v) is 8.09. The molecule has 0 aliphatic carbocycles. The van der Waals surface area contributed by atoms with Gasteiger partial charge in [-0.3, -0.25) is 13.9 Å². The van der Waals surface area contributed by atoms with Crippen LogP contribution in [0, 0.1) is 6.92 Å². The highest BCUT2D eigenvalue weighted by Crippen LogP contribution is 2.25. The molecular formula is C31H39N3O4S. The lowest BCUT2D eigenvalue weighted by molar-refractivity contribution is -0.140. The van der Waals surface area contributed by atoms with Gasteiger partial charge >= 0.3 is 0 Å². The van der Waals surface area contributed by atoms with Crippen molar-refractivity contribution >= 4 is 27.5 Å². The van der Waals surface area contributed by atoms with Crippen LogP contribution in [-0.2, 0) is 26.0 Å². The van der Waals surface area contributed by atoms with E-state index in [1.54, 1.807) is 30.3 Å². The fourth-order valence-corrected chi connectivity index (χ4v) is 5.74. The summed E-state index contributed by atoms with van der Waals surface area (Å²) in [6, 6.07) is 24.1. The predicted octanol–water partition coefficient (Wildman–Crippen LogP) is 4.95. The second-order valence-corrected chi connectivity index (χ2v) is 12.5. The van der Waals surface area contributed by atoms with Gasteiger partial charge in [-0.1, -0.05) is 73.2 Å². The molecule has 3 aromatic rings. The number of carbonyl (C=O) groups is 2. The highest BCUT2D eigenvalue weighted by Gasteiger charge is 2.34. The van der Waals surface area contributed by atoms with E-state index in [2.05, 4.69) is 5.32 Å². The van der Waals surface area contributed by atoms with Crippen molar-refractivity contribution in [1.82, 2.24) is 10.2 Å². The van der Waals surface area contributed by atoms with Gasteiger partial charge in [0.15, 0.2) is 0 Å². The number of hydrogen-bond acceptors (Lipinski definition) is 4. The van der Waals surface area contributed by atoms with E-state index in [0.717, 1.165) is 15.4 Å². The topological polar surface area (TPSA) is 86.8 Å². The highest BCUT2D eigenvalue weighted by atomic mass is 32.2. The summed E-state index contributed by atoms with van der Waals surface area (Å²) in [5.41, 5.74) is 1.89. The zero-order valence-corrected chi connectivity index (χ0v) is 24.2. The molecule has 0 radical (unpaired) electrons. The molecule has 0 unspecified atom stereocenters. The second-order valence-electron chi connectivity index (χ2n) is 10.6. The van der Waals surface area contributed by atoms with Gasteiger partial charge < -0.3 is 10.2 Å². The predicted molar refractivity (Wildman–Crippen MR) is 156 cm³/mol. The third-order valence-electron chi connectivity index (χ3n) is 6.30. The maximum atomic E-state index is 14.0. The van der Waals surface area contributed by atoms with E-state index in [0.29, 0.717) is 18.5 Å². The van der Waals surface area contributed by atoms with Gasteiger partial charge in [0.05, 0.1) is 10.6 Å². The van der Waals surface area contributed by atoms with Crippen LogP contribution in [0.2, 0.25) is 0 Å². The van der Waals surface area contributed by atoms with Gasteiger partial charge in [0.2, 0.25) is 11.8 Å². The van der Waals surface area contributed by atoms with Crippen LogP contribution in [0.4, 0.5) is 5.69 Å². The molecule has 0 aliphatic heterocycles. The first-order valence-electron chi connectivity index (χ1n) is 13.2. The average molecular weight is 550 g/mol. The lowest BCUT2D eigenvalue weighted by atomic mass is 10.1. The first-order chi connectivity index (χ1) is 18.4. The van der Waals surface area contributed by atoms with Crippen LogP contribution >= 0.6 is 0 Å². The molecule has 0 heterocycles. The molecule has 39 heavy (non-hydrogen) atoms. The maximum Gasteiger partial charge on any atom is 0.264 e. The molecule has 0 bridgehead atoms. The van der Waals surface area contributed by atoms with Crippen LogP contribution in [0.15, 0.2) is 89.8 Å². The van der Waals surface area contributed by atoms with Gasteiger partial charge in [0, 0.05) is 12.1 Å². The number of sulfonamides is 1. The fourth-order valence-electron chi connectivity index (χ4n) is 4.31. The van der Waals surface area contributed by atoms with Gasteiger partial charge in [-0.05, 0) is 70.4 Å². The van der Waals surface area contributed by atoms with Crippen molar-refractivity contribution in [3.05, 3.63) is 96.1 Å². The molecule has 0 spiro atoms. The van der Waals surface area contributed by atoms with Crippen LogP contribution in [0.3, 0.4) is 0 Å². The van der Waals surface area contributed by atoms with E-state index in [-0.39, 0.29) is 17.3 Å².